The second-order valence-corrected chi connectivity index (χ2v) is 11.1. The molecule has 0 spiro atoms. The van der Waals surface area contributed by atoms with Gasteiger partial charge in [-0.05, 0) is 70.7 Å². The van der Waals surface area contributed by atoms with E-state index in [2.05, 4.69) is 44.8 Å². The Bertz CT molecular complexity index is 1130. The van der Waals surface area contributed by atoms with Crippen molar-refractivity contribution >= 4 is 17.2 Å². The van der Waals surface area contributed by atoms with Crippen molar-refractivity contribution in [2.24, 2.45) is 0 Å². The molecule has 32 heavy (non-hydrogen) atoms. The van der Waals surface area contributed by atoms with Gasteiger partial charge in [-0.15, -0.1) is 11.3 Å². The van der Waals surface area contributed by atoms with Crippen LogP contribution in [0.3, 0.4) is 0 Å². The Hall–Kier alpha value is -2.66. The summed E-state index contributed by atoms with van der Waals surface area (Å²) in [5.41, 5.74) is 5.09. The van der Waals surface area contributed by atoms with Crippen molar-refractivity contribution in [3.05, 3.63) is 70.4 Å². The lowest BCUT2D eigenvalue weighted by Crippen LogP contribution is -2.33. The Morgan fingerprint density at radius 3 is 2.41 bits per heavy atom. The van der Waals surface area contributed by atoms with Gasteiger partial charge >= 0.3 is 0 Å². The van der Waals surface area contributed by atoms with E-state index < -0.39 is 0 Å². The van der Waals surface area contributed by atoms with E-state index in [4.69, 9.17) is 4.74 Å². The number of carbonyl (C=O) groups is 1. The maximum absolute atomic E-state index is 13.1. The number of rotatable bonds is 5. The molecule has 3 aromatic rings. The lowest BCUT2D eigenvalue weighted by molar-refractivity contribution is 0.0790. The Balaban J connectivity index is 1.67. The van der Waals surface area contributed by atoms with Crippen molar-refractivity contribution < 1.29 is 9.53 Å². The van der Waals surface area contributed by atoms with Crippen molar-refractivity contribution in [3.63, 3.8) is 0 Å². The summed E-state index contributed by atoms with van der Waals surface area (Å²) >= 11 is 1.53. The number of pyridine rings is 1. The predicted molar refractivity (Wildman–Crippen MR) is 132 cm³/mol. The highest BCUT2D eigenvalue weighted by molar-refractivity contribution is 7.17. The molecule has 0 fully saturated rings. The number of hydrogen-bond donors (Lipinski definition) is 0. The van der Waals surface area contributed by atoms with Gasteiger partial charge < -0.3 is 9.64 Å². The van der Waals surface area contributed by atoms with Gasteiger partial charge in [0.25, 0.3) is 5.91 Å². The van der Waals surface area contributed by atoms with Crippen LogP contribution in [0.5, 0.6) is 5.75 Å². The summed E-state index contributed by atoms with van der Waals surface area (Å²) in [7, 11) is 3.56. The van der Waals surface area contributed by atoms with Gasteiger partial charge in [-0.25, -0.2) is 0 Å². The average Bonchev–Trinajstić information content (AvgIpc) is 3.26. The molecule has 1 aliphatic carbocycles. The fraction of sp³-hybridized carbons (Fsp3) is 0.407. The van der Waals surface area contributed by atoms with Gasteiger partial charge in [-0.2, -0.15) is 0 Å². The quantitative estimate of drug-likeness (QED) is 0.451. The second-order valence-electron chi connectivity index (χ2n) is 10.1. The molecule has 0 aliphatic heterocycles. The highest BCUT2D eigenvalue weighted by atomic mass is 32.1. The minimum Gasteiger partial charge on any atom is -0.496 e. The first kappa shape index (κ1) is 22.5. The standard InChI is InChI=1S/C27H32N2O2S/c1-26(2)11-12-27(3,4)21-15-22(31-6)19(14-20(21)26)23-9-10-24(32-23)25(30)29(5)17-18-8-7-13-28-16-18/h7-10,13-16H,11-12,17H2,1-6H3. The maximum Gasteiger partial charge on any atom is 0.263 e. The number of amides is 1. The zero-order chi connectivity index (χ0) is 23.1. The van der Waals surface area contributed by atoms with Crippen molar-refractivity contribution in [1.29, 1.82) is 0 Å². The predicted octanol–water partition coefficient (Wildman–Crippen LogP) is 6.44. The topological polar surface area (TPSA) is 42.4 Å². The van der Waals surface area contributed by atoms with E-state index in [1.165, 1.54) is 22.5 Å². The third-order valence-electron chi connectivity index (χ3n) is 6.74. The molecule has 0 saturated carbocycles. The summed E-state index contributed by atoms with van der Waals surface area (Å²) in [6.45, 7) is 9.83. The zero-order valence-electron chi connectivity index (χ0n) is 19.9. The molecule has 4 nitrogen and oxygen atoms in total. The number of benzene rings is 1. The molecule has 0 atom stereocenters. The van der Waals surface area contributed by atoms with Crippen LogP contribution in [0.15, 0.2) is 48.8 Å². The number of hydrogen-bond acceptors (Lipinski definition) is 4. The lowest BCUT2D eigenvalue weighted by Gasteiger charge is -2.42. The van der Waals surface area contributed by atoms with E-state index >= 15 is 0 Å². The van der Waals surface area contributed by atoms with E-state index in [0.29, 0.717) is 6.54 Å². The van der Waals surface area contributed by atoms with Gasteiger partial charge in [-0.3, -0.25) is 9.78 Å². The van der Waals surface area contributed by atoms with Crippen LogP contribution in [0.2, 0.25) is 0 Å². The fourth-order valence-electron chi connectivity index (χ4n) is 4.58. The number of aromatic nitrogens is 1. The molecule has 0 saturated heterocycles. The summed E-state index contributed by atoms with van der Waals surface area (Å²) in [6, 6.07) is 12.4. The molecular weight excluding hydrogens is 416 g/mol. The first-order valence-corrected chi connectivity index (χ1v) is 11.9. The Labute approximate surface area is 195 Å². The van der Waals surface area contributed by atoms with Crippen LogP contribution < -0.4 is 4.74 Å². The van der Waals surface area contributed by atoms with E-state index in [1.54, 1.807) is 24.4 Å². The Morgan fingerprint density at radius 1 is 1.09 bits per heavy atom. The highest BCUT2D eigenvalue weighted by Crippen LogP contribution is 2.49. The van der Waals surface area contributed by atoms with E-state index in [-0.39, 0.29) is 16.7 Å². The van der Waals surface area contributed by atoms with E-state index in [0.717, 1.165) is 39.5 Å². The number of fused-ring (bicyclic) bond motifs is 1. The SMILES string of the molecule is COc1cc2c(cc1-c1ccc(C(=O)N(C)Cc3cccnc3)s1)C(C)(C)CCC2(C)C. The first-order chi connectivity index (χ1) is 15.1. The Kier molecular flexibility index (Phi) is 5.89. The maximum atomic E-state index is 13.1. The number of methoxy groups -OCH3 is 1. The molecule has 1 aliphatic rings. The molecule has 0 radical (unpaired) electrons. The van der Waals surface area contributed by atoms with Crippen LogP contribution >= 0.6 is 11.3 Å². The molecule has 1 amide bonds. The van der Waals surface area contributed by atoms with Crippen molar-refractivity contribution in [1.82, 2.24) is 9.88 Å². The van der Waals surface area contributed by atoms with Gasteiger partial charge in [-0.1, -0.05) is 33.8 Å². The number of nitrogens with zero attached hydrogens (tertiary/aromatic N) is 2. The molecule has 2 aromatic heterocycles. The van der Waals surface area contributed by atoms with E-state index in [1.807, 2.05) is 31.3 Å². The number of ether oxygens (including phenoxy) is 1. The summed E-state index contributed by atoms with van der Waals surface area (Å²) in [6.07, 6.45) is 5.86. The lowest BCUT2D eigenvalue weighted by atomic mass is 9.63. The van der Waals surface area contributed by atoms with Crippen molar-refractivity contribution in [2.75, 3.05) is 14.2 Å². The van der Waals surface area contributed by atoms with Gasteiger partial charge in [0.2, 0.25) is 0 Å². The summed E-state index contributed by atoms with van der Waals surface area (Å²) in [4.78, 5) is 20.7. The van der Waals surface area contributed by atoms with Gasteiger partial charge in [0.05, 0.1) is 12.0 Å². The largest absolute Gasteiger partial charge is 0.496 e. The molecule has 0 unspecified atom stereocenters. The van der Waals surface area contributed by atoms with Crippen LogP contribution in [-0.2, 0) is 17.4 Å². The number of carbonyl (C=O) groups excluding carboxylic acids is 1. The molecule has 0 N–H and O–H groups in total. The molecule has 0 bridgehead atoms. The number of thiophene rings is 1. The summed E-state index contributed by atoms with van der Waals surface area (Å²) in [5.74, 6) is 0.891. The Morgan fingerprint density at radius 2 is 1.78 bits per heavy atom. The molecule has 1 aromatic carbocycles. The van der Waals surface area contributed by atoms with Gasteiger partial charge in [0, 0.05) is 36.4 Å². The van der Waals surface area contributed by atoms with Crippen molar-refractivity contribution in [2.45, 2.75) is 57.9 Å². The van der Waals surface area contributed by atoms with Crippen LogP contribution in [0.1, 0.15) is 66.9 Å². The third kappa shape index (κ3) is 4.18. The second kappa shape index (κ2) is 8.36. The van der Waals surface area contributed by atoms with Crippen LogP contribution in [0.25, 0.3) is 10.4 Å². The van der Waals surface area contributed by atoms with Gasteiger partial charge in [0.1, 0.15) is 5.75 Å². The summed E-state index contributed by atoms with van der Waals surface area (Å²) < 4.78 is 5.83. The molecule has 5 heteroatoms. The molecule has 2 heterocycles. The first-order valence-electron chi connectivity index (χ1n) is 11.1. The monoisotopic (exact) mass is 448 g/mol. The van der Waals surface area contributed by atoms with Crippen molar-refractivity contribution in [3.8, 4) is 16.2 Å². The van der Waals surface area contributed by atoms with Crippen LogP contribution in [-0.4, -0.2) is 29.9 Å². The normalized spacial score (nSPS) is 16.3. The fourth-order valence-corrected chi connectivity index (χ4v) is 5.60. The average molecular weight is 449 g/mol. The third-order valence-corrected chi connectivity index (χ3v) is 7.85. The van der Waals surface area contributed by atoms with Crippen LogP contribution in [0, 0.1) is 0 Å². The summed E-state index contributed by atoms with van der Waals surface area (Å²) in [5, 5.41) is 0. The highest BCUT2D eigenvalue weighted by Gasteiger charge is 2.38. The van der Waals surface area contributed by atoms with Crippen LogP contribution in [0.4, 0.5) is 0 Å². The zero-order valence-corrected chi connectivity index (χ0v) is 20.7. The molecule has 168 valence electrons. The molecular formula is C27H32N2O2S. The minimum atomic E-state index is 0.0171. The molecule has 4 rings (SSSR count). The minimum absolute atomic E-state index is 0.0171. The smallest absolute Gasteiger partial charge is 0.263 e. The van der Waals surface area contributed by atoms with Gasteiger partial charge in [0.15, 0.2) is 0 Å². The van der Waals surface area contributed by atoms with E-state index in [9.17, 15) is 4.79 Å².